The fraction of sp³-hybridized carbons (Fsp3) is 0.471. The van der Waals surface area contributed by atoms with Crippen LogP contribution >= 0.6 is 11.5 Å². The zero-order chi connectivity index (χ0) is 20.5. The van der Waals surface area contributed by atoms with E-state index >= 15 is 0 Å². The smallest absolute Gasteiger partial charge is 0.384 e. The standard InChI is InChI=1S/C17H17F3N6O2S/c1-27-9-4-12-22-15(29-25-12)26-8-5-16(10-26,17(18,19)20)14-23-13(24-28-14)11-2-6-21-7-3-11/h2-3,6-7H,4-5,8-10H2,1H3. The van der Waals surface area contributed by atoms with Crippen molar-refractivity contribution in [2.24, 2.45) is 0 Å². The summed E-state index contributed by atoms with van der Waals surface area (Å²) in [6.45, 7) is 0.251. The Morgan fingerprint density at radius 2 is 2.07 bits per heavy atom. The van der Waals surface area contributed by atoms with Crippen LogP contribution in [0.5, 0.6) is 0 Å². The van der Waals surface area contributed by atoms with Gasteiger partial charge in [-0.15, -0.1) is 0 Å². The maximum absolute atomic E-state index is 14.2. The van der Waals surface area contributed by atoms with E-state index in [1.807, 2.05) is 0 Å². The van der Waals surface area contributed by atoms with E-state index in [4.69, 9.17) is 9.26 Å². The first-order valence-electron chi connectivity index (χ1n) is 8.81. The summed E-state index contributed by atoms with van der Waals surface area (Å²) in [6, 6.07) is 3.22. The molecular formula is C17H17F3N6O2S. The minimum atomic E-state index is -4.56. The number of halogens is 3. The maximum Gasteiger partial charge on any atom is 0.405 e. The van der Waals surface area contributed by atoms with Crippen molar-refractivity contribution in [1.29, 1.82) is 0 Å². The van der Waals surface area contributed by atoms with Crippen molar-refractivity contribution in [2.75, 3.05) is 31.7 Å². The molecule has 0 amide bonds. The predicted molar refractivity (Wildman–Crippen MR) is 97.6 cm³/mol. The normalized spacial score (nSPS) is 19.8. The zero-order valence-corrected chi connectivity index (χ0v) is 16.2. The van der Waals surface area contributed by atoms with Crippen molar-refractivity contribution in [3.63, 3.8) is 0 Å². The van der Waals surface area contributed by atoms with E-state index in [0.29, 0.717) is 29.5 Å². The van der Waals surface area contributed by atoms with Crippen LogP contribution in [0.3, 0.4) is 0 Å². The van der Waals surface area contributed by atoms with Crippen molar-refractivity contribution in [3.05, 3.63) is 36.2 Å². The Labute approximate surface area is 167 Å². The molecule has 4 rings (SSSR count). The lowest BCUT2D eigenvalue weighted by Crippen LogP contribution is -2.45. The first kappa shape index (κ1) is 19.7. The average Bonchev–Trinajstić information content (AvgIpc) is 3.45. The molecular weight excluding hydrogens is 409 g/mol. The molecule has 1 fully saturated rings. The first-order chi connectivity index (χ1) is 13.9. The van der Waals surface area contributed by atoms with Crippen molar-refractivity contribution < 1.29 is 22.4 Å². The van der Waals surface area contributed by atoms with Crippen LogP contribution in [0.1, 0.15) is 18.1 Å². The molecule has 0 saturated carbocycles. The molecule has 4 heterocycles. The number of nitrogens with zero attached hydrogens (tertiary/aromatic N) is 6. The van der Waals surface area contributed by atoms with Gasteiger partial charge in [0.15, 0.2) is 5.41 Å². The molecule has 3 aromatic rings. The summed E-state index contributed by atoms with van der Waals surface area (Å²) in [4.78, 5) is 13.9. The Hall–Kier alpha value is -2.60. The largest absolute Gasteiger partial charge is 0.405 e. The quantitative estimate of drug-likeness (QED) is 0.594. The van der Waals surface area contributed by atoms with Gasteiger partial charge in [0.2, 0.25) is 16.8 Å². The number of hydrogen-bond acceptors (Lipinski definition) is 9. The van der Waals surface area contributed by atoms with Crippen LogP contribution in [0, 0.1) is 0 Å². The first-order valence-corrected chi connectivity index (χ1v) is 9.58. The van der Waals surface area contributed by atoms with E-state index in [1.54, 1.807) is 24.1 Å². The van der Waals surface area contributed by atoms with Crippen molar-refractivity contribution in [2.45, 2.75) is 24.4 Å². The highest BCUT2D eigenvalue weighted by Gasteiger charge is 2.63. The fourth-order valence-electron chi connectivity index (χ4n) is 3.20. The molecule has 8 nitrogen and oxygen atoms in total. The number of hydrogen-bond donors (Lipinski definition) is 0. The van der Waals surface area contributed by atoms with E-state index < -0.39 is 17.5 Å². The summed E-state index contributed by atoms with van der Waals surface area (Å²) in [6.07, 6.45) is -1.24. The number of ether oxygens (including phenoxy) is 1. The van der Waals surface area contributed by atoms with Crippen LogP contribution in [0.25, 0.3) is 11.4 Å². The third-order valence-electron chi connectivity index (χ3n) is 4.84. The van der Waals surface area contributed by atoms with Crippen LogP contribution < -0.4 is 4.90 Å². The Morgan fingerprint density at radius 3 is 2.79 bits per heavy atom. The average molecular weight is 426 g/mol. The number of rotatable bonds is 6. The Kier molecular flexibility index (Phi) is 5.21. The molecule has 0 N–H and O–H groups in total. The second-order valence-corrected chi connectivity index (χ2v) is 7.38. The highest BCUT2D eigenvalue weighted by Crippen LogP contribution is 2.48. The van der Waals surface area contributed by atoms with Crippen LogP contribution in [-0.2, 0) is 16.6 Å². The van der Waals surface area contributed by atoms with Crippen LogP contribution in [0.4, 0.5) is 18.3 Å². The van der Waals surface area contributed by atoms with Gasteiger partial charge >= 0.3 is 6.18 Å². The number of aromatic nitrogens is 5. The summed E-state index contributed by atoms with van der Waals surface area (Å²) in [5.74, 6) is 0.208. The number of pyridine rings is 1. The van der Waals surface area contributed by atoms with Crippen molar-refractivity contribution >= 4 is 16.7 Å². The number of alkyl halides is 3. The molecule has 12 heteroatoms. The molecule has 1 aliphatic rings. The van der Waals surface area contributed by atoms with E-state index in [0.717, 1.165) is 11.5 Å². The van der Waals surface area contributed by atoms with E-state index in [-0.39, 0.29) is 25.3 Å². The lowest BCUT2D eigenvalue weighted by molar-refractivity contribution is -0.191. The third-order valence-corrected chi connectivity index (χ3v) is 5.66. The number of methoxy groups -OCH3 is 1. The third kappa shape index (κ3) is 3.69. The molecule has 154 valence electrons. The highest BCUT2D eigenvalue weighted by molar-refractivity contribution is 7.09. The van der Waals surface area contributed by atoms with E-state index in [9.17, 15) is 13.2 Å². The predicted octanol–water partition coefficient (Wildman–Crippen LogP) is 2.88. The summed E-state index contributed by atoms with van der Waals surface area (Å²) >= 11 is 1.07. The molecule has 1 saturated heterocycles. The Morgan fingerprint density at radius 1 is 1.28 bits per heavy atom. The van der Waals surface area contributed by atoms with E-state index in [1.165, 1.54) is 12.4 Å². The maximum atomic E-state index is 14.2. The molecule has 1 unspecified atom stereocenters. The SMILES string of the molecule is COCCc1nsc(N2CCC(c3nc(-c4ccncc4)no3)(C(F)(F)F)C2)n1. The van der Waals surface area contributed by atoms with Gasteiger partial charge in [-0.1, -0.05) is 5.16 Å². The number of anilines is 1. The van der Waals surface area contributed by atoms with Gasteiger partial charge in [0.1, 0.15) is 5.82 Å². The minimum absolute atomic E-state index is 0.0993. The fourth-order valence-corrected chi connectivity index (χ4v) is 3.94. The highest BCUT2D eigenvalue weighted by atomic mass is 32.1. The summed E-state index contributed by atoms with van der Waals surface area (Å²) < 4.78 is 56.8. The molecule has 0 spiro atoms. The van der Waals surface area contributed by atoms with Gasteiger partial charge < -0.3 is 14.2 Å². The molecule has 0 aromatic carbocycles. The molecule has 0 aliphatic carbocycles. The van der Waals surface area contributed by atoms with Gasteiger partial charge in [-0.05, 0) is 18.6 Å². The van der Waals surface area contributed by atoms with Gasteiger partial charge in [-0.25, -0.2) is 4.98 Å². The summed E-state index contributed by atoms with van der Waals surface area (Å²) in [5, 5.41) is 4.19. The van der Waals surface area contributed by atoms with E-state index in [2.05, 4.69) is 24.5 Å². The van der Waals surface area contributed by atoms with Crippen molar-refractivity contribution in [1.82, 2.24) is 24.5 Å². The van der Waals surface area contributed by atoms with Crippen LogP contribution in [-0.4, -0.2) is 57.5 Å². The molecule has 0 radical (unpaired) electrons. The van der Waals surface area contributed by atoms with Gasteiger partial charge in [-0.3, -0.25) is 4.98 Å². The molecule has 1 aliphatic heterocycles. The summed E-state index contributed by atoms with van der Waals surface area (Å²) in [5.41, 5.74) is -1.72. The molecule has 29 heavy (non-hydrogen) atoms. The zero-order valence-electron chi connectivity index (χ0n) is 15.4. The van der Waals surface area contributed by atoms with Crippen LogP contribution in [0.2, 0.25) is 0 Å². The second kappa shape index (κ2) is 7.67. The topological polar surface area (TPSA) is 90.1 Å². The van der Waals surface area contributed by atoms with Gasteiger partial charge in [0.05, 0.1) is 6.61 Å². The minimum Gasteiger partial charge on any atom is -0.384 e. The van der Waals surface area contributed by atoms with Gasteiger partial charge in [0.25, 0.3) is 0 Å². The second-order valence-electron chi connectivity index (χ2n) is 6.65. The molecule has 3 aromatic heterocycles. The lowest BCUT2D eigenvalue weighted by atomic mass is 9.86. The molecule has 1 atom stereocenters. The Bertz CT molecular complexity index is 963. The molecule has 0 bridgehead atoms. The van der Waals surface area contributed by atoms with Crippen LogP contribution in [0.15, 0.2) is 29.0 Å². The van der Waals surface area contributed by atoms with Gasteiger partial charge in [-0.2, -0.15) is 22.5 Å². The van der Waals surface area contributed by atoms with Crippen molar-refractivity contribution in [3.8, 4) is 11.4 Å². The van der Waals surface area contributed by atoms with Gasteiger partial charge in [0, 0.05) is 56.1 Å². The Balaban J connectivity index is 1.61. The lowest BCUT2D eigenvalue weighted by Gasteiger charge is -2.27. The summed E-state index contributed by atoms with van der Waals surface area (Å²) in [7, 11) is 1.57. The monoisotopic (exact) mass is 426 g/mol.